The largest absolute Gasteiger partial charge is 0.490 e. The molecular formula is C14H11IN2O4. The topological polar surface area (TPSA) is 81.5 Å². The Bertz CT molecular complexity index is 686. The van der Waals surface area contributed by atoms with E-state index in [1.165, 1.54) is 25.3 Å². The summed E-state index contributed by atoms with van der Waals surface area (Å²) in [6.07, 6.45) is 0. The Morgan fingerprint density at radius 2 is 1.90 bits per heavy atom. The number of nitrogens with one attached hydrogen (secondary N) is 1. The summed E-state index contributed by atoms with van der Waals surface area (Å²) in [5, 5.41) is 13.5. The van der Waals surface area contributed by atoms with E-state index in [1.54, 1.807) is 12.1 Å². The molecule has 0 bridgehead atoms. The lowest BCUT2D eigenvalue weighted by Crippen LogP contribution is -2.12. The van der Waals surface area contributed by atoms with Gasteiger partial charge in [-0.05, 0) is 52.9 Å². The van der Waals surface area contributed by atoms with Crippen molar-refractivity contribution in [2.45, 2.75) is 0 Å². The lowest BCUT2D eigenvalue weighted by atomic mass is 10.1. The third-order valence-electron chi connectivity index (χ3n) is 2.74. The van der Waals surface area contributed by atoms with E-state index in [0.29, 0.717) is 5.69 Å². The van der Waals surface area contributed by atoms with Crippen molar-refractivity contribution in [3.8, 4) is 5.75 Å². The number of nitro groups is 1. The van der Waals surface area contributed by atoms with Crippen molar-refractivity contribution in [2.24, 2.45) is 0 Å². The summed E-state index contributed by atoms with van der Waals surface area (Å²) in [7, 11) is 1.32. The standard InChI is InChI=1S/C14H11IN2O4/c1-21-13-8-9(2-7-12(13)17(19)20)14(18)16-11-5-3-10(15)4-6-11/h2-8H,1H3,(H,16,18). The predicted molar refractivity (Wildman–Crippen MR) is 86.8 cm³/mol. The maximum absolute atomic E-state index is 12.1. The second-order valence-corrected chi connectivity index (χ2v) is 5.35. The van der Waals surface area contributed by atoms with Crippen molar-refractivity contribution < 1.29 is 14.5 Å². The molecule has 0 aliphatic rings. The minimum Gasteiger partial charge on any atom is -0.490 e. The molecule has 21 heavy (non-hydrogen) atoms. The van der Waals surface area contributed by atoms with E-state index < -0.39 is 4.92 Å². The molecule has 0 aliphatic carbocycles. The Morgan fingerprint density at radius 3 is 2.48 bits per heavy atom. The number of amides is 1. The van der Waals surface area contributed by atoms with Gasteiger partial charge in [0.25, 0.3) is 5.91 Å². The fourth-order valence-corrected chi connectivity index (χ4v) is 2.07. The van der Waals surface area contributed by atoms with E-state index in [2.05, 4.69) is 27.9 Å². The summed E-state index contributed by atoms with van der Waals surface area (Å²) in [6, 6.07) is 11.3. The highest BCUT2D eigenvalue weighted by Crippen LogP contribution is 2.27. The molecule has 6 nitrogen and oxygen atoms in total. The number of anilines is 1. The van der Waals surface area contributed by atoms with Gasteiger partial charge in [0.1, 0.15) is 0 Å². The Hall–Kier alpha value is -2.16. The van der Waals surface area contributed by atoms with Gasteiger partial charge in [0.05, 0.1) is 12.0 Å². The number of ether oxygens (including phenoxy) is 1. The molecule has 2 rings (SSSR count). The molecule has 0 saturated heterocycles. The Balaban J connectivity index is 2.23. The molecule has 0 fully saturated rings. The minimum absolute atomic E-state index is 0.0512. The highest BCUT2D eigenvalue weighted by molar-refractivity contribution is 14.1. The van der Waals surface area contributed by atoms with Crippen LogP contribution in [0, 0.1) is 13.7 Å². The molecule has 1 N–H and O–H groups in total. The van der Waals surface area contributed by atoms with Crippen LogP contribution in [0.3, 0.4) is 0 Å². The van der Waals surface area contributed by atoms with Gasteiger partial charge in [0.2, 0.25) is 0 Å². The van der Waals surface area contributed by atoms with Crippen LogP contribution in [-0.2, 0) is 0 Å². The van der Waals surface area contributed by atoms with Crippen LogP contribution in [0.2, 0.25) is 0 Å². The van der Waals surface area contributed by atoms with E-state index in [4.69, 9.17) is 4.74 Å². The first-order chi connectivity index (χ1) is 10.0. The van der Waals surface area contributed by atoms with E-state index in [-0.39, 0.29) is 22.9 Å². The second kappa shape index (κ2) is 6.53. The fraction of sp³-hybridized carbons (Fsp3) is 0.0714. The minimum atomic E-state index is -0.556. The molecule has 2 aromatic rings. The maximum Gasteiger partial charge on any atom is 0.310 e. The van der Waals surface area contributed by atoms with Gasteiger partial charge < -0.3 is 10.1 Å². The van der Waals surface area contributed by atoms with Gasteiger partial charge in [-0.1, -0.05) is 0 Å². The number of nitro benzene ring substituents is 1. The van der Waals surface area contributed by atoms with Gasteiger partial charge in [0, 0.05) is 27.0 Å². The lowest BCUT2D eigenvalue weighted by Gasteiger charge is -2.07. The summed E-state index contributed by atoms with van der Waals surface area (Å²) < 4.78 is 6.00. The van der Waals surface area contributed by atoms with Crippen molar-refractivity contribution in [1.29, 1.82) is 0 Å². The third kappa shape index (κ3) is 3.69. The first-order valence-corrected chi connectivity index (χ1v) is 6.98. The first-order valence-electron chi connectivity index (χ1n) is 5.90. The van der Waals surface area contributed by atoms with Gasteiger partial charge >= 0.3 is 5.69 Å². The van der Waals surface area contributed by atoms with Gasteiger partial charge in [-0.25, -0.2) is 0 Å². The Labute approximate surface area is 134 Å². The van der Waals surface area contributed by atoms with Gasteiger partial charge in [-0.2, -0.15) is 0 Å². The van der Waals surface area contributed by atoms with Crippen LogP contribution in [-0.4, -0.2) is 17.9 Å². The summed E-state index contributed by atoms with van der Waals surface area (Å²) in [5.74, 6) is -0.306. The molecule has 0 spiro atoms. The summed E-state index contributed by atoms with van der Waals surface area (Å²) in [4.78, 5) is 22.4. The molecule has 108 valence electrons. The van der Waals surface area contributed by atoms with E-state index in [0.717, 1.165) is 3.57 Å². The Kier molecular flexibility index (Phi) is 4.73. The molecule has 0 heterocycles. The van der Waals surface area contributed by atoms with Crippen LogP contribution in [0.25, 0.3) is 0 Å². The highest BCUT2D eigenvalue weighted by atomic mass is 127. The molecular weight excluding hydrogens is 387 g/mol. The second-order valence-electron chi connectivity index (χ2n) is 4.10. The number of carbonyl (C=O) groups excluding carboxylic acids is 1. The van der Waals surface area contributed by atoms with E-state index in [9.17, 15) is 14.9 Å². The van der Waals surface area contributed by atoms with E-state index >= 15 is 0 Å². The number of nitrogens with zero attached hydrogens (tertiary/aromatic N) is 1. The zero-order valence-electron chi connectivity index (χ0n) is 11.0. The number of hydrogen-bond acceptors (Lipinski definition) is 4. The monoisotopic (exact) mass is 398 g/mol. The van der Waals surface area contributed by atoms with Crippen molar-refractivity contribution in [3.05, 3.63) is 61.7 Å². The van der Waals surface area contributed by atoms with Gasteiger partial charge in [0.15, 0.2) is 5.75 Å². The molecule has 0 aliphatic heterocycles. The molecule has 1 amide bonds. The summed E-state index contributed by atoms with van der Waals surface area (Å²) >= 11 is 2.17. The van der Waals surface area contributed by atoms with Crippen molar-refractivity contribution in [2.75, 3.05) is 12.4 Å². The van der Waals surface area contributed by atoms with Crippen LogP contribution >= 0.6 is 22.6 Å². The average Bonchev–Trinajstić information content (AvgIpc) is 2.48. The number of rotatable bonds is 4. The number of benzene rings is 2. The van der Waals surface area contributed by atoms with Crippen molar-refractivity contribution >= 4 is 39.9 Å². The highest BCUT2D eigenvalue weighted by Gasteiger charge is 2.17. The Morgan fingerprint density at radius 1 is 1.24 bits per heavy atom. The number of carbonyl (C=O) groups is 1. The molecule has 0 saturated carbocycles. The molecule has 2 aromatic carbocycles. The fourth-order valence-electron chi connectivity index (χ4n) is 1.71. The number of halogens is 1. The number of hydrogen-bond donors (Lipinski definition) is 1. The average molecular weight is 398 g/mol. The SMILES string of the molecule is COc1cc(C(=O)Nc2ccc(I)cc2)ccc1[N+](=O)[O-]. The lowest BCUT2D eigenvalue weighted by molar-refractivity contribution is -0.385. The maximum atomic E-state index is 12.1. The van der Waals surface area contributed by atoms with E-state index in [1.807, 2.05) is 12.1 Å². The normalized spacial score (nSPS) is 10.0. The zero-order valence-corrected chi connectivity index (χ0v) is 13.2. The molecule has 0 aromatic heterocycles. The van der Waals surface area contributed by atoms with Crippen molar-refractivity contribution in [1.82, 2.24) is 0 Å². The van der Waals surface area contributed by atoms with Crippen molar-refractivity contribution in [3.63, 3.8) is 0 Å². The summed E-state index contributed by atoms with van der Waals surface area (Å²) in [5.41, 5.74) is 0.761. The quantitative estimate of drug-likeness (QED) is 0.486. The first kappa shape index (κ1) is 15.2. The van der Waals surface area contributed by atoms with Crippen LogP contribution in [0.1, 0.15) is 10.4 Å². The van der Waals surface area contributed by atoms with Crippen LogP contribution in [0.4, 0.5) is 11.4 Å². The van der Waals surface area contributed by atoms with Gasteiger partial charge in [-0.3, -0.25) is 14.9 Å². The predicted octanol–water partition coefficient (Wildman–Crippen LogP) is 3.46. The molecule has 7 heteroatoms. The molecule has 0 radical (unpaired) electrons. The zero-order chi connectivity index (χ0) is 15.4. The molecule has 0 unspecified atom stereocenters. The van der Waals surface area contributed by atoms with Crippen LogP contribution < -0.4 is 10.1 Å². The number of methoxy groups -OCH3 is 1. The third-order valence-corrected chi connectivity index (χ3v) is 3.46. The smallest absolute Gasteiger partial charge is 0.310 e. The van der Waals surface area contributed by atoms with Crippen LogP contribution in [0.15, 0.2) is 42.5 Å². The molecule has 0 atom stereocenters. The van der Waals surface area contributed by atoms with Crippen LogP contribution in [0.5, 0.6) is 5.75 Å². The van der Waals surface area contributed by atoms with Gasteiger partial charge in [-0.15, -0.1) is 0 Å². The summed E-state index contributed by atoms with van der Waals surface area (Å²) in [6.45, 7) is 0.